The third-order valence-corrected chi connectivity index (χ3v) is 5.16. The van der Waals surface area contributed by atoms with Crippen LogP contribution in [0.4, 0.5) is 0 Å². The Balaban J connectivity index is 1.49. The number of nitrogens with one attached hydrogen (secondary N) is 1. The van der Waals surface area contributed by atoms with Crippen LogP contribution in [0.15, 0.2) is 34.9 Å². The van der Waals surface area contributed by atoms with Gasteiger partial charge in [0.05, 0.1) is 31.0 Å². The van der Waals surface area contributed by atoms with Crippen molar-refractivity contribution in [2.45, 2.75) is 31.8 Å². The molecule has 0 saturated carbocycles. The van der Waals surface area contributed by atoms with Gasteiger partial charge in [-0.15, -0.1) is 0 Å². The van der Waals surface area contributed by atoms with Crippen molar-refractivity contribution in [2.75, 3.05) is 19.8 Å². The highest BCUT2D eigenvalue weighted by Gasteiger charge is 2.35. The monoisotopic (exact) mass is 404 g/mol. The second kappa shape index (κ2) is 8.14. The summed E-state index contributed by atoms with van der Waals surface area (Å²) in [6, 6.07) is 6.26. The Kier molecular flexibility index (Phi) is 5.43. The molecule has 2 aromatic rings. The van der Waals surface area contributed by atoms with Gasteiger partial charge >= 0.3 is 0 Å². The van der Waals surface area contributed by atoms with Gasteiger partial charge in [0.2, 0.25) is 5.91 Å². The van der Waals surface area contributed by atoms with Crippen molar-refractivity contribution >= 4 is 23.4 Å². The summed E-state index contributed by atoms with van der Waals surface area (Å²) in [6.45, 7) is 1.83. The molecule has 0 spiro atoms. The minimum atomic E-state index is -0.516. The van der Waals surface area contributed by atoms with Gasteiger partial charge in [-0.25, -0.2) is 0 Å². The Hall–Kier alpha value is -2.67. The number of rotatable bonds is 4. The predicted molar refractivity (Wildman–Crippen MR) is 102 cm³/mol. The minimum Gasteiger partial charge on any atom is -0.489 e. The Morgan fingerprint density at radius 1 is 1.21 bits per heavy atom. The Bertz CT molecular complexity index is 868. The van der Waals surface area contributed by atoms with E-state index in [1.54, 1.807) is 35.4 Å². The summed E-state index contributed by atoms with van der Waals surface area (Å²) in [5.41, 5.74) is 0.389. The maximum Gasteiger partial charge on any atom is 0.254 e. The van der Waals surface area contributed by atoms with E-state index >= 15 is 0 Å². The summed E-state index contributed by atoms with van der Waals surface area (Å²) in [4.78, 5) is 27.3. The van der Waals surface area contributed by atoms with Gasteiger partial charge in [-0.2, -0.15) is 0 Å². The summed E-state index contributed by atoms with van der Waals surface area (Å²) in [5, 5.41) is 3.17. The van der Waals surface area contributed by atoms with Crippen LogP contribution in [0.5, 0.6) is 11.5 Å². The number of carbonyl (C=O) groups is 2. The highest BCUT2D eigenvalue weighted by molar-refractivity contribution is 6.32. The van der Waals surface area contributed by atoms with Gasteiger partial charge in [0.1, 0.15) is 11.8 Å². The number of amides is 2. The summed E-state index contributed by atoms with van der Waals surface area (Å²) in [7, 11) is 0. The molecule has 2 amide bonds. The summed E-state index contributed by atoms with van der Waals surface area (Å²) < 4.78 is 16.5. The molecule has 0 aliphatic carbocycles. The van der Waals surface area contributed by atoms with Crippen molar-refractivity contribution in [1.82, 2.24) is 10.2 Å². The van der Waals surface area contributed by atoms with E-state index in [1.807, 2.05) is 0 Å². The van der Waals surface area contributed by atoms with E-state index < -0.39 is 6.04 Å². The number of nitrogens with zero attached hydrogens (tertiary/aromatic N) is 1. The van der Waals surface area contributed by atoms with Crippen LogP contribution in [-0.2, 0) is 11.3 Å². The molecule has 0 unspecified atom stereocenters. The van der Waals surface area contributed by atoms with Gasteiger partial charge in [-0.1, -0.05) is 11.6 Å². The number of likely N-dealkylation sites (tertiary alicyclic amines) is 1. The SMILES string of the molecule is O=C(NCc1ccco1)[C@@H]1CCCN1C(=O)c1cc(Cl)c2c(c1)OCCCO2. The van der Waals surface area contributed by atoms with Gasteiger partial charge in [-0.05, 0) is 37.1 Å². The molecule has 1 aromatic carbocycles. The first-order valence-corrected chi connectivity index (χ1v) is 9.71. The second-order valence-electron chi connectivity index (χ2n) is 6.79. The van der Waals surface area contributed by atoms with Crippen LogP contribution < -0.4 is 14.8 Å². The van der Waals surface area contributed by atoms with Crippen LogP contribution >= 0.6 is 11.6 Å². The number of benzene rings is 1. The lowest BCUT2D eigenvalue weighted by molar-refractivity contribution is -0.125. The predicted octanol–water partition coefficient (Wildman–Crippen LogP) is 3.02. The van der Waals surface area contributed by atoms with Crippen molar-refractivity contribution < 1.29 is 23.5 Å². The maximum absolute atomic E-state index is 13.1. The molecular formula is C20H21ClN2O5. The van der Waals surface area contributed by atoms with Gasteiger partial charge in [-0.3, -0.25) is 9.59 Å². The Labute approximate surface area is 167 Å². The number of carbonyl (C=O) groups excluding carboxylic acids is 2. The molecule has 3 heterocycles. The van der Waals surface area contributed by atoms with Crippen LogP contribution in [0.1, 0.15) is 35.4 Å². The van der Waals surface area contributed by atoms with Crippen molar-refractivity contribution in [3.63, 3.8) is 0 Å². The quantitative estimate of drug-likeness (QED) is 0.847. The van der Waals surface area contributed by atoms with E-state index in [0.29, 0.717) is 60.6 Å². The molecule has 1 saturated heterocycles. The zero-order chi connectivity index (χ0) is 19.5. The number of fused-ring (bicyclic) bond motifs is 1. The zero-order valence-electron chi connectivity index (χ0n) is 15.3. The molecule has 2 aliphatic heterocycles. The normalized spacial score (nSPS) is 18.6. The Morgan fingerprint density at radius 3 is 2.89 bits per heavy atom. The molecule has 2 aliphatic rings. The van der Waals surface area contributed by atoms with E-state index in [4.69, 9.17) is 25.5 Å². The van der Waals surface area contributed by atoms with Crippen molar-refractivity contribution in [2.24, 2.45) is 0 Å². The third-order valence-electron chi connectivity index (χ3n) is 4.88. The maximum atomic E-state index is 13.1. The first-order valence-electron chi connectivity index (χ1n) is 9.33. The molecule has 1 aromatic heterocycles. The van der Waals surface area contributed by atoms with Crippen LogP contribution in [0.25, 0.3) is 0 Å². The largest absolute Gasteiger partial charge is 0.489 e. The molecule has 7 nitrogen and oxygen atoms in total. The molecule has 8 heteroatoms. The molecule has 0 radical (unpaired) electrons. The summed E-state index contributed by atoms with van der Waals surface area (Å²) >= 11 is 6.31. The fraction of sp³-hybridized carbons (Fsp3) is 0.400. The van der Waals surface area contributed by atoms with Crippen LogP contribution in [0, 0.1) is 0 Å². The van der Waals surface area contributed by atoms with E-state index in [2.05, 4.69) is 5.32 Å². The van der Waals surface area contributed by atoms with Gasteiger partial charge in [0.25, 0.3) is 5.91 Å². The molecule has 148 valence electrons. The minimum absolute atomic E-state index is 0.192. The summed E-state index contributed by atoms with van der Waals surface area (Å²) in [6.07, 6.45) is 3.69. The number of hydrogen-bond acceptors (Lipinski definition) is 5. The van der Waals surface area contributed by atoms with Gasteiger partial charge < -0.3 is 24.1 Å². The molecule has 1 fully saturated rings. The molecular weight excluding hydrogens is 384 g/mol. The molecule has 4 rings (SSSR count). The first-order chi connectivity index (χ1) is 13.6. The second-order valence-corrected chi connectivity index (χ2v) is 7.20. The van der Waals surface area contributed by atoms with Crippen LogP contribution in [0.3, 0.4) is 0 Å². The van der Waals surface area contributed by atoms with Gasteiger partial charge in [0.15, 0.2) is 11.5 Å². The number of hydrogen-bond donors (Lipinski definition) is 1. The fourth-order valence-corrected chi connectivity index (χ4v) is 3.77. The van der Waals surface area contributed by atoms with Crippen LogP contribution in [-0.4, -0.2) is 42.5 Å². The fourth-order valence-electron chi connectivity index (χ4n) is 3.51. The first kappa shape index (κ1) is 18.7. The average Bonchev–Trinajstić information content (AvgIpc) is 3.33. The van der Waals surface area contributed by atoms with Gasteiger partial charge in [0, 0.05) is 18.5 Å². The molecule has 1 atom stereocenters. The van der Waals surface area contributed by atoms with Crippen LogP contribution in [0.2, 0.25) is 5.02 Å². The van der Waals surface area contributed by atoms with Crippen molar-refractivity contribution in [1.29, 1.82) is 0 Å². The Morgan fingerprint density at radius 2 is 2.07 bits per heavy atom. The van der Waals surface area contributed by atoms with E-state index in [1.165, 1.54) is 0 Å². The lowest BCUT2D eigenvalue weighted by Gasteiger charge is -2.24. The average molecular weight is 405 g/mol. The van der Waals surface area contributed by atoms with E-state index in [0.717, 1.165) is 12.8 Å². The highest BCUT2D eigenvalue weighted by Crippen LogP contribution is 2.38. The molecule has 28 heavy (non-hydrogen) atoms. The molecule has 1 N–H and O–H groups in total. The van der Waals surface area contributed by atoms with Crippen molar-refractivity contribution in [3.05, 3.63) is 46.9 Å². The number of halogens is 1. The smallest absolute Gasteiger partial charge is 0.254 e. The summed E-state index contributed by atoms with van der Waals surface area (Å²) in [5.74, 6) is 1.16. The van der Waals surface area contributed by atoms with Crippen molar-refractivity contribution in [3.8, 4) is 11.5 Å². The lowest BCUT2D eigenvalue weighted by atomic mass is 10.1. The zero-order valence-corrected chi connectivity index (χ0v) is 16.0. The van der Waals surface area contributed by atoms with E-state index in [-0.39, 0.29) is 11.8 Å². The number of furan rings is 1. The molecule has 0 bridgehead atoms. The topological polar surface area (TPSA) is 81.0 Å². The third kappa shape index (κ3) is 3.80. The lowest BCUT2D eigenvalue weighted by Crippen LogP contribution is -2.45. The number of ether oxygens (including phenoxy) is 2. The standard InChI is InChI=1S/C20H21ClN2O5/c21-15-10-13(11-17-18(15)28-9-3-8-27-17)20(25)23-6-1-5-16(23)19(24)22-12-14-4-2-7-26-14/h2,4,7,10-11,16H,1,3,5-6,8-9,12H2,(H,22,24)/t16-/m0/s1. The highest BCUT2D eigenvalue weighted by atomic mass is 35.5. The van der Waals surface area contributed by atoms with E-state index in [9.17, 15) is 9.59 Å².